The Morgan fingerprint density at radius 2 is 1.90 bits per heavy atom. The van der Waals surface area contributed by atoms with Crippen molar-refractivity contribution in [1.29, 1.82) is 0 Å². The van der Waals surface area contributed by atoms with Gasteiger partial charge in [0.1, 0.15) is 5.75 Å². The van der Waals surface area contributed by atoms with Gasteiger partial charge in [-0.3, -0.25) is 9.69 Å². The molecule has 0 aromatic heterocycles. The van der Waals surface area contributed by atoms with Gasteiger partial charge in [-0.25, -0.2) is 0 Å². The number of methoxy groups -OCH3 is 1. The molecule has 1 aliphatic heterocycles. The molecule has 1 heterocycles. The van der Waals surface area contributed by atoms with Gasteiger partial charge in [0, 0.05) is 5.69 Å². The molecule has 0 spiro atoms. The van der Waals surface area contributed by atoms with E-state index in [4.69, 9.17) is 10.5 Å². The first-order valence-electron chi connectivity index (χ1n) is 7.65. The molecule has 1 fully saturated rings. The van der Waals surface area contributed by atoms with Gasteiger partial charge in [0.05, 0.1) is 19.3 Å². The Labute approximate surface area is 126 Å². The lowest BCUT2D eigenvalue weighted by atomic mass is 10.1. The number of nitrogens with two attached hydrogens (primary N) is 1. The van der Waals surface area contributed by atoms with E-state index in [0.717, 1.165) is 13.1 Å². The van der Waals surface area contributed by atoms with Gasteiger partial charge in [0.25, 0.3) is 0 Å². The van der Waals surface area contributed by atoms with Crippen molar-refractivity contribution in [2.45, 2.75) is 32.1 Å². The van der Waals surface area contributed by atoms with Gasteiger partial charge in [-0.05, 0) is 44.1 Å². The number of carbonyl (C=O) groups is 1. The number of rotatable bonds is 4. The first kappa shape index (κ1) is 15.6. The minimum absolute atomic E-state index is 0.0144. The van der Waals surface area contributed by atoms with E-state index in [1.165, 1.54) is 32.1 Å². The highest BCUT2D eigenvalue weighted by Crippen LogP contribution is 2.26. The number of nitrogen functional groups attached to an aromatic ring is 1. The maximum absolute atomic E-state index is 12.2. The second-order valence-electron chi connectivity index (χ2n) is 5.55. The first-order valence-corrected chi connectivity index (χ1v) is 7.65. The summed E-state index contributed by atoms with van der Waals surface area (Å²) in [6, 6.07) is 5.25. The molecule has 0 unspecified atom stereocenters. The van der Waals surface area contributed by atoms with E-state index < -0.39 is 0 Å². The average molecular weight is 291 g/mol. The summed E-state index contributed by atoms with van der Waals surface area (Å²) in [6.07, 6.45) is 6.20. The van der Waals surface area contributed by atoms with Crippen LogP contribution in [0.2, 0.25) is 0 Å². The molecule has 2 rings (SSSR count). The Balaban J connectivity index is 1.92. The second kappa shape index (κ2) is 7.88. The zero-order valence-electron chi connectivity index (χ0n) is 12.7. The minimum atomic E-state index is -0.0144. The van der Waals surface area contributed by atoms with Crippen molar-refractivity contribution in [2.24, 2.45) is 0 Å². The zero-order chi connectivity index (χ0) is 15.1. The summed E-state index contributed by atoms with van der Waals surface area (Å²) in [6.45, 7) is 2.43. The van der Waals surface area contributed by atoms with Crippen LogP contribution in [0.5, 0.6) is 5.75 Å². The lowest BCUT2D eigenvalue weighted by Gasteiger charge is -2.24. The third-order valence-corrected chi connectivity index (χ3v) is 3.81. The quantitative estimate of drug-likeness (QED) is 0.836. The Morgan fingerprint density at radius 3 is 2.57 bits per heavy atom. The first-order chi connectivity index (χ1) is 10.2. The average Bonchev–Trinajstić information content (AvgIpc) is 2.42. The number of amides is 1. The fraction of sp³-hybridized carbons (Fsp3) is 0.562. The second-order valence-corrected chi connectivity index (χ2v) is 5.55. The predicted molar refractivity (Wildman–Crippen MR) is 85.6 cm³/mol. The number of nitrogens with one attached hydrogen (secondary N) is 1. The topological polar surface area (TPSA) is 67.6 Å². The molecule has 0 saturated carbocycles. The third kappa shape index (κ3) is 4.93. The molecule has 1 amide bonds. The Hall–Kier alpha value is -1.75. The molecule has 0 radical (unpaired) electrons. The van der Waals surface area contributed by atoms with E-state index in [9.17, 15) is 4.79 Å². The fourth-order valence-electron chi connectivity index (χ4n) is 2.69. The molecular formula is C16H25N3O2. The maximum Gasteiger partial charge on any atom is 0.238 e. The molecule has 1 aromatic carbocycles. The molecule has 1 aromatic rings. The number of hydrogen-bond acceptors (Lipinski definition) is 4. The summed E-state index contributed by atoms with van der Waals surface area (Å²) < 4.78 is 5.24. The molecule has 3 N–H and O–H groups in total. The number of ether oxygens (including phenoxy) is 1. The summed E-state index contributed by atoms with van der Waals surface area (Å²) in [5.41, 5.74) is 7.01. The summed E-state index contributed by atoms with van der Waals surface area (Å²) in [5.74, 6) is 0.615. The number of likely N-dealkylation sites (tertiary alicyclic amines) is 1. The molecular weight excluding hydrogens is 266 g/mol. The van der Waals surface area contributed by atoms with Crippen LogP contribution in [0.15, 0.2) is 18.2 Å². The Kier molecular flexibility index (Phi) is 5.87. The van der Waals surface area contributed by atoms with Gasteiger partial charge in [0.2, 0.25) is 5.91 Å². The van der Waals surface area contributed by atoms with Crippen molar-refractivity contribution in [3.8, 4) is 5.75 Å². The number of anilines is 2. The van der Waals surface area contributed by atoms with Crippen molar-refractivity contribution < 1.29 is 9.53 Å². The van der Waals surface area contributed by atoms with Crippen LogP contribution in [0.3, 0.4) is 0 Å². The van der Waals surface area contributed by atoms with Crippen LogP contribution in [0.4, 0.5) is 11.4 Å². The molecule has 5 heteroatoms. The third-order valence-electron chi connectivity index (χ3n) is 3.81. The van der Waals surface area contributed by atoms with Crippen molar-refractivity contribution in [2.75, 3.05) is 37.8 Å². The van der Waals surface area contributed by atoms with E-state index in [1.807, 2.05) is 0 Å². The van der Waals surface area contributed by atoms with Crippen LogP contribution >= 0.6 is 0 Å². The van der Waals surface area contributed by atoms with E-state index in [0.29, 0.717) is 23.7 Å². The number of hydrogen-bond donors (Lipinski definition) is 2. The van der Waals surface area contributed by atoms with Crippen molar-refractivity contribution in [1.82, 2.24) is 4.90 Å². The van der Waals surface area contributed by atoms with Crippen LogP contribution in [0.1, 0.15) is 32.1 Å². The van der Waals surface area contributed by atoms with Gasteiger partial charge >= 0.3 is 0 Å². The van der Waals surface area contributed by atoms with Crippen LogP contribution < -0.4 is 15.8 Å². The Morgan fingerprint density at radius 1 is 1.24 bits per heavy atom. The summed E-state index contributed by atoms with van der Waals surface area (Å²) >= 11 is 0. The van der Waals surface area contributed by atoms with Crippen molar-refractivity contribution in [3.05, 3.63) is 18.2 Å². The van der Waals surface area contributed by atoms with E-state index >= 15 is 0 Å². The molecule has 116 valence electrons. The standard InChI is InChI=1S/C16H25N3O2/c1-21-15-8-7-13(17)11-14(15)18-16(20)12-19-9-5-3-2-4-6-10-19/h7-8,11H,2-6,9-10,12,17H2,1H3,(H,18,20). The maximum atomic E-state index is 12.2. The highest BCUT2D eigenvalue weighted by molar-refractivity contribution is 5.94. The predicted octanol–water partition coefficient (Wildman–Crippen LogP) is 2.48. The normalized spacial score (nSPS) is 16.8. The minimum Gasteiger partial charge on any atom is -0.495 e. The van der Waals surface area contributed by atoms with Gasteiger partial charge in [-0.2, -0.15) is 0 Å². The largest absolute Gasteiger partial charge is 0.495 e. The van der Waals surface area contributed by atoms with E-state index in [1.54, 1.807) is 25.3 Å². The van der Waals surface area contributed by atoms with Gasteiger partial charge in [-0.15, -0.1) is 0 Å². The fourth-order valence-corrected chi connectivity index (χ4v) is 2.69. The highest BCUT2D eigenvalue weighted by atomic mass is 16.5. The van der Waals surface area contributed by atoms with E-state index in [2.05, 4.69) is 10.2 Å². The summed E-state index contributed by atoms with van der Waals surface area (Å²) in [7, 11) is 1.58. The van der Waals surface area contributed by atoms with Crippen molar-refractivity contribution >= 4 is 17.3 Å². The Bertz CT molecular complexity index is 469. The molecule has 0 atom stereocenters. The molecule has 21 heavy (non-hydrogen) atoms. The molecule has 0 aliphatic carbocycles. The molecule has 1 aliphatic rings. The van der Waals surface area contributed by atoms with Gasteiger partial charge in [0.15, 0.2) is 0 Å². The highest BCUT2D eigenvalue weighted by Gasteiger charge is 2.14. The van der Waals surface area contributed by atoms with Crippen LogP contribution in [-0.4, -0.2) is 37.6 Å². The monoisotopic (exact) mass is 291 g/mol. The number of nitrogens with zero attached hydrogens (tertiary/aromatic N) is 1. The smallest absolute Gasteiger partial charge is 0.238 e. The van der Waals surface area contributed by atoms with Gasteiger partial charge in [-0.1, -0.05) is 19.3 Å². The molecule has 5 nitrogen and oxygen atoms in total. The summed E-state index contributed by atoms with van der Waals surface area (Å²) in [4.78, 5) is 14.4. The SMILES string of the molecule is COc1ccc(N)cc1NC(=O)CN1CCCCCCC1. The summed E-state index contributed by atoms with van der Waals surface area (Å²) in [5, 5.41) is 2.90. The van der Waals surface area contributed by atoms with Crippen molar-refractivity contribution in [3.63, 3.8) is 0 Å². The van der Waals surface area contributed by atoms with Gasteiger partial charge < -0.3 is 15.8 Å². The van der Waals surface area contributed by atoms with Crippen LogP contribution in [0, 0.1) is 0 Å². The van der Waals surface area contributed by atoms with Crippen LogP contribution in [-0.2, 0) is 4.79 Å². The molecule has 0 bridgehead atoms. The number of carbonyl (C=O) groups excluding carboxylic acids is 1. The van der Waals surface area contributed by atoms with Crippen LogP contribution in [0.25, 0.3) is 0 Å². The lowest BCUT2D eigenvalue weighted by Crippen LogP contribution is -2.35. The molecule has 1 saturated heterocycles. The zero-order valence-corrected chi connectivity index (χ0v) is 12.7. The number of benzene rings is 1. The van der Waals surface area contributed by atoms with E-state index in [-0.39, 0.29) is 5.91 Å². The lowest BCUT2D eigenvalue weighted by molar-refractivity contribution is -0.117.